The van der Waals surface area contributed by atoms with Gasteiger partial charge in [0.15, 0.2) is 0 Å². The van der Waals surface area contributed by atoms with Crippen molar-refractivity contribution in [1.29, 1.82) is 0 Å². The van der Waals surface area contributed by atoms with Gasteiger partial charge >= 0.3 is 0 Å². The summed E-state index contributed by atoms with van der Waals surface area (Å²) in [7, 11) is 1.66. The molecule has 1 aromatic carbocycles. The van der Waals surface area contributed by atoms with E-state index in [2.05, 4.69) is 6.26 Å². The largest absolute Gasteiger partial charge is 0.497 e. The maximum atomic E-state index is 6.17. The van der Waals surface area contributed by atoms with E-state index >= 15 is 0 Å². The van der Waals surface area contributed by atoms with E-state index in [-0.39, 0.29) is 12.1 Å². The van der Waals surface area contributed by atoms with Crippen molar-refractivity contribution in [2.24, 2.45) is 5.73 Å². The molecular weight excluding hydrogens is 234 g/mol. The van der Waals surface area contributed by atoms with Gasteiger partial charge in [-0.15, -0.1) is 0 Å². The smallest absolute Gasteiger partial charge is 0.128 e. The van der Waals surface area contributed by atoms with Crippen LogP contribution in [0.15, 0.2) is 18.2 Å². The van der Waals surface area contributed by atoms with Gasteiger partial charge in [-0.3, -0.25) is 0 Å². The van der Waals surface area contributed by atoms with Crippen molar-refractivity contribution in [3.05, 3.63) is 23.8 Å². The Kier molecular flexibility index (Phi) is 4.18. The van der Waals surface area contributed by atoms with Crippen molar-refractivity contribution in [2.75, 3.05) is 19.1 Å². The number of rotatable bonds is 4. The van der Waals surface area contributed by atoms with Crippen LogP contribution in [0.4, 0.5) is 0 Å². The maximum Gasteiger partial charge on any atom is 0.128 e. The predicted octanol–water partition coefficient (Wildman–Crippen LogP) is 2.60. The Morgan fingerprint density at radius 3 is 3.06 bits per heavy atom. The summed E-state index contributed by atoms with van der Waals surface area (Å²) in [6, 6.07) is 5.95. The first-order chi connectivity index (χ1) is 8.24. The Balaban J connectivity index is 2.15. The summed E-state index contributed by atoms with van der Waals surface area (Å²) >= 11 is 1.84. The van der Waals surface area contributed by atoms with Crippen LogP contribution >= 0.6 is 11.8 Å². The van der Waals surface area contributed by atoms with Gasteiger partial charge in [0.25, 0.3) is 0 Å². The highest BCUT2D eigenvalue weighted by Crippen LogP contribution is 2.36. The van der Waals surface area contributed by atoms with Gasteiger partial charge in [0.1, 0.15) is 17.6 Å². The van der Waals surface area contributed by atoms with E-state index in [9.17, 15) is 0 Å². The highest BCUT2D eigenvalue weighted by atomic mass is 32.2. The summed E-state index contributed by atoms with van der Waals surface area (Å²) < 4.78 is 11.2. The number of methoxy groups -OCH3 is 1. The Hall–Kier alpha value is -0.870. The van der Waals surface area contributed by atoms with Gasteiger partial charge in [0.05, 0.1) is 7.11 Å². The lowest BCUT2D eigenvalue weighted by Gasteiger charge is -2.30. The number of ether oxygens (including phenoxy) is 2. The molecule has 0 saturated carbocycles. The molecule has 3 nitrogen and oxygen atoms in total. The molecule has 0 aromatic heterocycles. The van der Waals surface area contributed by atoms with Crippen LogP contribution in [0.25, 0.3) is 0 Å². The predicted molar refractivity (Wildman–Crippen MR) is 72.0 cm³/mol. The minimum absolute atomic E-state index is 0.0801. The van der Waals surface area contributed by atoms with Crippen LogP contribution in [0.1, 0.15) is 24.4 Å². The number of hydrogen-bond donors (Lipinski definition) is 1. The van der Waals surface area contributed by atoms with Crippen molar-refractivity contribution >= 4 is 11.8 Å². The second kappa shape index (κ2) is 5.65. The van der Waals surface area contributed by atoms with E-state index in [4.69, 9.17) is 15.2 Å². The number of hydrogen-bond acceptors (Lipinski definition) is 4. The van der Waals surface area contributed by atoms with E-state index in [0.717, 1.165) is 35.7 Å². The fourth-order valence-corrected chi connectivity index (χ4v) is 2.61. The summed E-state index contributed by atoms with van der Waals surface area (Å²) in [5.41, 5.74) is 7.26. The summed E-state index contributed by atoms with van der Waals surface area (Å²) in [6.45, 7) is 0. The average molecular weight is 253 g/mol. The zero-order chi connectivity index (χ0) is 12.3. The number of fused-ring (bicyclic) bond motifs is 1. The molecule has 0 aliphatic carbocycles. The average Bonchev–Trinajstić information content (AvgIpc) is 2.35. The first-order valence-corrected chi connectivity index (χ1v) is 7.23. The molecule has 2 atom stereocenters. The van der Waals surface area contributed by atoms with Crippen molar-refractivity contribution < 1.29 is 9.47 Å². The molecule has 17 heavy (non-hydrogen) atoms. The van der Waals surface area contributed by atoms with E-state index in [1.54, 1.807) is 7.11 Å². The fraction of sp³-hybridized carbons (Fsp3) is 0.538. The van der Waals surface area contributed by atoms with E-state index in [0.29, 0.717) is 0 Å². The molecule has 0 saturated heterocycles. The maximum absolute atomic E-state index is 6.17. The Bertz CT molecular complexity index is 384. The summed E-state index contributed by atoms with van der Waals surface area (Å²) in [6.07, 6.45) is 4.29. The standard InChI is InChI=1S/C13H19NO2S/c1-15-9-3-4-11-12(14)7-10(5-6-17-2)16-13(11)8-9/h3-4,8,10,12H,5-7,14H2,1-2H3. The molecular formula is C13H19NO2S. The SMILES string of the molecule is COc1ccc2c(c1)OC(CCSC)CC2N. The molecule has 0 spiro atoms. The van der Waals surface area contributed by atoms with Crippen LogP contribution in [0.3, 0.4) is 0 Å². The topological polar surface area (TPSA) is 44.5 Å². The molecule has 1 aromatic rings. The second-order valence-electron chi connectivity index (χ2n) is 4.27. The molecule has 94 valence electrons. The quantitative estimate of drug-likeness (QED) is 0.896. The van der Waals surface area contributed by atoms with Crippen LogP contribution in [-0.4, -0.2) is 25.2 Å². The number of nitrogens with two attached hydrogens (primary N) is 1. The molecule has 4 heteroatoms. The highest BCUT2D eigenvalue weighted by molar-refractivity contribution is 7.98. The van der Waals surface area contributed by atoms with Crippen molar-refractivity contribution in [2.45, 2.75) is 25.0 Å². The molecule has 0 bridgehead atoms. The Morgan fingerprint density at radius 1 is 1.53 bits per heavy atom. The monoisotopic (exact) mass is 253 g/mol. The lowest BCUT2D eigenvalue weighted by Crippen LogP contribution is -2.30. The molecule has 0 fully saturated rings. The fourth-order valence-electron chi connectivity index (χ4n) is 2.11. The lowest BCUT2D eigenvalue weighted by molar-refractivity contribution is 0.156. The van der Waals surface area contributed by atoms with Crippen LogP contribution in [0, 0.1) is 0 Å². The number of benzene rings is 1. The first kappa shape index (κ1) is 12.6. The van der Waals surface area contributed by atoms with Crippen LogP contribution in [-0.2, 0) is 0 Å². The van der Waals surface area contributed by atoms with Crippen LogP contribution in [0.5, 0.6) is 11.5 Å². The van der Waals surface area contributed by atoms with Gasteiger partial charge in [-0.05, 0) is 24.5 Å². The van der Waals surface area contributed by atoms with Crippen molar-refractivity contribution in [3.8, 4) is 11.5 Å². The summed E-state index contributed by atoms with van der Waals surface area (Å²) in [4.78, 5) is 0. The third kappa shape index (κ3) is 2.87. The third-order valence-corrected chi connectivity index (χ3v) is 3.72. The molecule has 0 amide bonds. The molecule has 2 N–H and O–H groups in total. The van der Waals surface area contributed by atoms with Crippen molar-refractivity contribution in [1.82, 2.24) is 0 Å². The Labute approximate surface area is 107 Å². The molecule has 1 aliphatic heterocycles. The molecule has 2 unspecified atom stereocenters. The van der Waals surface area contributed by atoms with Gasteiger partial charge in [-0.25, -0.2) is 0 Å². The third-order valence-electron chi connectivity index (χ3n) is 3.07. The zero-order valence-electron chi connectivity index (χ0n) is 10.3. The molecule has 0 radical (unpaired) electrons. The minimum Gasteiger partial charge on any atom is -0.497 e. The van der Waals surface area contributed by atoms with Gasteiger partial charge < -0.3 is 15.2 Å². The normalized spacial score (nSPS) is 22.8. The van der Waals surface area contributed by atoms with Gasteiger partial charge in [-0.2, -0.15) is 11.8 Å². The van der Waals surface area contributed by atoms with E-state index in [1.165, 1.54) is 0 Å². The number of thioether (sulfide) groups is 1. The first-order valence-electron chi connectivity index (χ1n) is 5.83. The van der Waals surface area contributed by atoms with E-state index in [1.807, 2.05) is 30.0 Å². The second-order valence-corrected chi connectivity index (χ2v) is 5.25. The van der Waals surface area contributed by atoms with Crippen LogP contribution in [0.2, 0.25) is 0 Å². The summed E-state index contributed by atoms with van der Waals surface area (Å²) in [5, 5.41) is 0. The molecule has 1 aliphatic rings. The van der Waals surface area contributed by atoms with Crippen molar-refractivity contribution in [3.63, 3.8) is 0 Å². The Morgan fingerprint density at radius 2 is 2.35 bits per heavy atom. The lowest BCUT2D eigenvalue weighted by atomic mass is 9.96. The van der Waals surface area contributed by atoms with Gasteiger partial charge in [0, 0.05) is 24.1 Å². The molecule has 1 heterocycles. The van der Waals surface area contributed by atoms with E-state index < -0.39 is 0 Å². The highest BCUT2D eigenvalue weighted by Gasteiger charge is 2.25. The molecule has 2 rings (SSSR count). The van der Waals surface area contributed by atoms with Gasteiger partial charge in [0.2, 0.25) is 0 Å². The summed E-state index contributed by atoms with van der Waals surface area (Å²) in [5.74, 6) is 2.81. The zero-order valence-corrected chi connectivity index (χ0v) is 11.1. The van der Waals surface area contributed by atoms with Crippen LogP contribution < -0.4 is 15.2 Å². The van der Waals surface area contributed by atoms with Gasteiger partial charge in [-0.1, -0.05) is 6.07 Å². The minimum atomic E-state index is 0.0801.